The molecule has 0 saturated heterocycles. The molecular weight excluding hydrogens is 375 g/mol. The average Bonchev–Trinajstić information content (AvgIpc) is 2.59. The molecule has 0 bridgehead atoms. The van der Waals surface area contributed by atoms with Crippen molar-refractivity contribution in [2.45, 2.75) is 117 Å². The topological polar surface area (TPSA) is 55.8 Å². The Balaban J connectivity index is -0.000000960. The number of phosphoric acid groups is 1. The van der Waals surface area contributed by atoms with E-state index in [-0.39, 0.29) is 40.6 Å². The smallest absolute Gasteiger partial charge is 1.00 e. The molecule has 0 spiro atoms. The van der Waals surface area contributed by atoms with Gasteiger partial charge in [0.2, 0.25) is 0 Å². The average molecular weight is 421 g/mol. The second-order valence-corrected chi connectivity index (χ2v) is 8.54. The molecule has 6 heteroatoms. The van der Waals surface area contributed by atoms with Gasteiger partial charge in [0.05, 0.1) is 13.2 Å². The van der Waals surface area contributed by atoms with Gasteiger partial charge < -0.3 is 7.75 Å². The Kier molecular flexibility index (Phi) is 25.8. The zero-order chi connectivity index (χ0) is 18.6. The Hall–Kier alpha value is 1.37. The molecule has 0 rings (SSSR count). The van der Waals surface area contributed by atoms with Crippen LogP contribution in [0.2, 0.25) is 0 Å². The van der Waals surface area contributed by atoms with Gasteiger partial charge in [-0.3, -0.25) is 9.05 Å². The molecule has 4 nitrogen and oxygen atoms in total. The summed E-state index contributed by atoms with van der Waals surface area (Å²) in [5.74, 6) is 0. The number of phosphoric ester groups is 1. The molecule has 0 aliphatic carbocycles. The largest absolute Gasteiger partial charge is 2.00 e. The van der Waals surface area contributed by atoms with Crippen LogP contribution in [0.3, 0.4) is 0 Å². The first-order valence-electron chi connectivity index (χ1n) is 10.7. The molecule has 0 unspecified atom stereocenters. The Morgan fingerprint density at radius 2 is 0.885 bits per heavy atom. The zero-order valence-electron chi connectivity index (χ0n) is 19.6. The van der Waals surface area contributed by atoms with E-state index >= 15 is 0 Å². The first-order valence-corrected chi connectivity index (χ1v) is 12.2. The Morgan fingerprint density at radius 1 is 0.615 bits per heavy atom. The predicted molar refractivity (Wildman–Crippen MR) is 115 cm³/mol. The molecule has 0 aromatic heterocycles. The van der Waals surface area contributed by atoms with Gasteiger partial charge in [-0.25, -0.2) is 4.57 Å². The summed E-state index contributed by atoms with van der Waals surface area (Å²) in [5.41, 5.74) is 0. The van der Waals surface area contributed by atoms with Gasteiger partial charge in [-0.1, -0.05) is 104 Å². The van der Waals surface area contributed by atoms with E-state index in [1.807, 2.05) is 0 Å². The summed E-state index contributed by atoms with van der Waals surface area (Å²) in [4.78, 5) is 9.63. The Bertz CT molecular complexity index is 301. The Labute approximate surface area is 195 Å². The van der Waals surface area contributed by atoms with E-state index in [0.717, 1.165) is 25.7 Å². The molecule has 0 aromatic rings. The number of hydrogen-bond acceptors (Lipinski definition) is 3. The summed E-state index contributed by atoms with van der Waals surface area (Å²) < 4.78 is 21.8. The van der Waals surface area contributed by atoms with Crippen molar-refractivity contribution in [3.63, 3.8) is 0 Å². The van der Waals surface area contributed by atoms with Crippen molar-refractivity contribution in [1.82, 2.24) is 0 Å². The zero-order valence-corrected chi connectivity index (χ0v) is 20.7. The predicted octanol–water partition coefficient (Wildman–Crippen LogP) is 7.25. The molecule has 0 aromatic carbocycles. The fourth-order valence-electron chi connectivity index (χ4n) is 2.87. The summed E-state index contributed by atoms with van der Waals surface area (Å²) in [7, 11) is -3.83. The minimum absolute atomic E-state index is 0. The molecule has 156 valence electrons. The number of hydrogen-bond donors (Lipinski definition) is 1. The standard InChI is InChI=1S/C20H43O4P.Ca.2H/c1-3-5-7-9-11-13-15-17-19-23-25(21,22)24-20-18-16-14-12-10-8-6-4-2;;;/h3-20H2,1-2H3,(H,21,22);;;/q;+2;2*-1. The van der Waals surface area contributed by atoms with Gasteiger partial charge in [0.25, 0.3) is 0 Å². The third-order valence-electron chi connectivity index (χ3n) is 4.50. The van der Waals surface area contributed by atoms with E-state index in [4.69, 9.17) is 9.05 Å². The second-order valence-electron chi connectivity index (χ2n) is 7.08. The van der Waals surface area contributed by atoms with Crippen LogP contribution < -0.4 is 0 Å². The van der Waals surface area contributed by atoms with Gasteiger partial charge in [-0.2, -0.15) is 0 Å². The van der Waals surface area contributed by atoms with Crippen molar-refractivity contribution in [1.29, 1.82) is 0 Å². The molecule has 0 amide bonds. The van der Waals surface area contributed by atoms with E-state index in [2.05, 4.69) is 13.8 Å². The van der Waals surface area contributed by atoms with Gasteiger partial charge in [0, 0.05) is 0 Å². The Morgan fingerprint density at radius 3 is 1.19 bits per heavy atom. The molecule has 0 aliphatic rings. The molecule has 0 fully saturated rings. The van der Waals surface area contributed by atoms with E-state index in [1.54, 1.807) is 0 Å². The third-order valence-corrected chi connectivity index (χ3v) is 5.52. The van der Waals surface area contributed by atoms with Gasteiger partial charge in [-0.15, -0.1) is 0 Å². The van der Waals surface area contributed by atoms with Crippen molar-refractivity contribution in [2.75, 3.05) is 13.2 Å². The van der Waals surface area contributed by atoms with Crippen LogP contribution in [0.25, 0.3) is 0 Å². The molecule has 0 radical (unpaired) electrons. The normalized spacial score (nSPS) is 11.5. The van der Waals surface area contributed by atoms with Crippen molar-refractivity contribution in [3.05, 3.63) is 0 Å². The minimum atomic E-state index is -3.83. The fourth-order valence-corrected chi connectivity index (χ4v) is 3.66. The third kappa shape index (κ3) is 23.4. The SMILES string of the molecule is CCCCCCCCCCOP(=O)(O)OCCCCCCCCCC.[Ca+2].[H-].[H-]. The van der Waals surface area contributed by atoms with E-state index in [9.17, 15) is 9.46 Å². The van der Waals surface area contributed by atoms with Crippen molar-refractivity contribution in [2.24, 2.45) is 0 Å². The van der Waals surface area contributed by atoms with Crippen LogP contribution in [0, 0.1) is 0 Å². The molecule has 1 N–H and O–H groups in total. The number of unbranched alkanes of at least 4 members (excludes halogenated alkanes) is 14. The summed E-state index contributed by atoms with van der Waals surface area (Å²) in [6.45, 7) is 5.09. The van der Waals surface area contributed by atoms with Gasteiger partial charge in [-0.05, 0) is 12.8 Å². The van der Waals surface area contributed by atoms with Gasteiger partial charge in [0.1, 0.15) is 0 Å². The maximum atomic E-state index is 11.7. The van der Waals surface area contributed by atoms with Crippen LogP contribution in [-0.4, -0.2) is 55.8 Å². The van der Waals surface area contributed by atoms with Crippen molar-refractivity contribution in [3.8, 4) is 0 Å². The van der Waals surface area contributed by atoms with Gasteiger partial charge >= 0.3 is 45.6 Å². The minimum Gasteiger partial charge on any atom is -1.00 e. The summed E-state index contributed by atoms with van der Waals surface area (Å²) in [6.07, 6.45) is 19.1. The maximum Gasteiger partial charge on any atom is 2.00 e. The molecule has 0 saturated carbocycles. The summed E-state index contributed by atoms with van der Waals surface area (Å²) >= 11 is 0. The molecule has 26 heavy (non-hydrogen) atoms. The van der Waals surface area contributed by atoms with E-state index in [0.29, 0.717) is 13.2 Å². The summed E-state index contributed by atoms with van der Waals surface area (Å²) in [6, 6.07) is 0. The van der Waals surface area contributed by atoms with Crippen molar-refractivity contribution < 1.29 is 21.4 Å². The van der Waals surface area contributed by atoms with Gasteiger partial charge in [0.15, 0.2) is 0 Å². The van der Waals surface area contributed by atoms with Crippen LogP contribution in [-0.2, 0) is 13.6 Å². The quantitative estimate of drug-likeness (QED) is 0.128. The molecule has 0 atom stereocenters. The van der Waals surface area contributed by atoms with Crippen LogP contribution in [0.4, 0.5) is 0 Å². The second kappa shape index (κ2) is 22.7. The number of rotatable bonds is 20. The van der Waals surface area contributed by atoms with E-state index in [1.165, 1.54) is 77.0 Å². The fraction of sp³-hybridized carbons (Fsp3) is 1.00. The van der Waals surface area contributed by atoms with Crippen LogP contribution >= 0.6 is 7.82 Å². The van der Waals surface area contributed by atoms with Crippen molar-refractivity contribution >= 4 is 45.6 Å². The molecular formula is C20H45CaO4P. The van der Waals surface area contributed by atoms with Crippen LogP contribution in [0.5, 0.6) is 0 Å². The molecule has 0 heterocycles. The maximum absolute atomic E-state index is 11.7. The molecule has 0 aliphatic heterocycles. The first kappa shape index (κ1) is 29.6. The van der Waals surface area contributed by atoms with Crippen LogP contribution in [0.15, 0.2) is 0 Å². The van der Waals surface area contributed by atoms with Crippen LogP contribution in [0.1, 0.15) is 119 Å². The van der Waals surface area contributed by atoms with E-state index < -0.39 is 7.82 Å². The summed E-state index contributed by atoms with van der Waals surface area (Å²) in [5, 5.41) is 0. The monoisotopic (exact) mass is 420 g/mol. The first-order chi connectivity index (χ1) is 12.1.